The van der Waals surface area contributed by atoms with Gasteiger partial charge in [-0.05, 0) is 60.9 Å². The number of ether oxygens (including phenoxy) is 1. The zero-order valence-corrected chi connectivity index (χ0v) is 16.8. The van der Waals surface area contributed by atoms with Crippen LogP contribution in [-0.2, 0) is 4.79 Å². The number of amides is 1. The summed E-state index contributed by atoms with van der Waals surface area (Å²) < 4.78 is 20.3. The highest BCUT2D eigenvalue weighted by atomic mass is 19.1. The fourth-order valence-corrected chi connectivity index (χ4v) is 3.47. The molecule has 0 bridgehead atoms. The molecule has 3 rings (SSSR count). The Kier molecular flexibility index (Phi) is 6.84. The molecular weight excluding hydrogens is 387 g/mol. The van der Waals surface area contributed by atoms with Gasteiger partial charge in [0.25, 0.3) is 0 Å². The summed E-state index contributed by atoms with van der Waals surface area (Å²) >= 11 is 0. The van der Waals surface area contributed by atoms with Gasteiger partial charge < -0.3 is 15.2 Å². The number of nitrogens with one attached hydrogen (secondary N) is 1. The summed E-state index contributed by atoms with van der Waals surface area (Å²) in [5.41, 5.74) is 1.41. The molecule has 2 aromatic carbocycles. The third-order valence-electron chi connectivity index (χ3n) is 5.18. The molecular formula is C23H25FN2O4. The van der Waals surface area contributed by atoms with Crippen LogP contribution < -0.4 is 10.1 Å². The highest BCUT2D eigenvalue weighted by Gasteiger charge is 2.27. The minimum absolute atomic E-state index is 0.0285. The van der Waals surface area contributed by atoms with Crippen LogP contribution in [0.4, 0.5) is 4.39 Å². The van der Waals surface area contributed by atoms with E-state index in [1.807, 2.05) is 6.07 Å². The van der Waals surface area contributed by atoms with E-state index in [4.69, 9.17) is 9.84 Å². The van der Waals surface area contributed by atoms with E-state index in [2.05, 4.69) is 16.8 Å². The molecule has 0 radical (unpaired) electrons. The molecule has 1 heterocycles. The maximum absolute atomic E-state index is 14.2. The van der Waals surface area contributed by atoms with Gasteiger partial charge in [-0.3, -0.25) is 9.69 Å². The average molecular weight is 412 g/mol. The maximum Gasteiger partial charge on any atom is 0.335 e. The normalized spacial score (nSPS) is 17.3. The van der Waals surface area contributed by atoms with Crippen LogP contribution in [0.5, 0.6) is 5.75 Å². The molecule has 7 heteroatoms. The molecule has 1 amide bonds. The Morgan fingerprint density at radius 1 is 1.33 bits per heavy atom. The molecule has 6 nitrogen and oxygen atoms in total. The molecule has 0 aliphatic carbocycles. The van der Waals surface area contributed by atoms with Gasteiger partial charge in [-0.1, -0.05) is 18.7 Å². The summed E-state index contributed by atoms with van der Waals surface area (Å²) in [5, 5.41) is 12.0. The fraction of sp³-hybridized carbons (Fsp3) is 0.304. The number of likely N-dealkylation sites (tertiary alicyclic amines) is 1. The third kappa shape index (κ3) is 5.45. The first-order chi connectivity index (χ1) is 14.4. The summed E-state index contributed by atoms with van der Waals surface area (Å²) in [6, 6.07) is 11.2. The molecule has 0 saturated carbocycles. The van der Waals surface area contributed by atoms with E-state index in [0.717, 1.165) is 13.0 Å². The lowest BCUT2D eigenvalue weighted by atomic mass is 10.1. The first-order valence-corrected chi connectivity index (χ1v) is 9.77. The van der Waals surface area contributed by atoms with Crippen LogP contribution in [-0.4, -0.2) is 47.6 Å². The zero-order valence-electron chi connectivity index (χ0n) is 16.8. The number of nitrogens with zero attached hydrogens (tertiary/aromatic N) is 1. The molecule has 2 aromatic rings. The van der Waals surface area contributed by atoms with E-state index in [-0.39, 0.29) is 23.3 Å². The molecule has 2 N–H and O–H groups in total. The molecule has 1 aliphatic rings. The van der Waals surface area contributed by atoms with Crippen molar-refractivity contribution in [2.24, 2.45) is 0 Å². The van der Waals surface area contributed by atoms with Gasteiger partial charge in [-0.2, -0.15) is 0 Å². The van der Waals surface area contributed by atoms with Gasteiger partial charge in [-0.25, -0.2) is 9.18 Å². The number of benzene rings is 2. The van der Waals surface area contributed by atoms with Crippen molar-refractivity contribution in [3.05, 3.63) is 77.6 Å². The highest BCUT2D eigenvalue weighted by Crippen LogP contribution is 2.26. The standard InChI is InChI=1S/C23H25FN2O4/c1-3-22(27)25-18-10-11-26(13-18)14-21(17-5-4-15(2)20(24)12-17)30-19-8-6-16(7-9-19)23(28)29/h3-9,12,18,21H,1,10-11,13-14H2,2H3,(H,25,27)(H,28,29). The van der Waals surface area contributed by atoms with Gasteiger partial charge in [0.15, 0.2) is 0 Å². The fourth-order valence-electron chi connectivity index (χ4n) is 3.47. The number of carbonyl (C=O) groups excluding carboxylic acids is 1. The first kappa shape index (κ1) is 21.5. The lowest BCUT2D eigenvalue weighted by Gasteiger charge is -2.25. The summed E-state index contributed by atoms with van der Waals surface area (Å²) in [6.07, 6.45) is 1.61. The van der Waals surface area contributed by atoms with Crippen LogP contribution >= 0.6 is 0 Å². The number of halogens is 1. The number of hydrogen-bond donors (Lipinski definition) is 2. The van der Waals surface area contributed by atoms with Crippen LogP contribution in [0.25, 0.3) is 0 Å². The third-order valence-corrected chi connectivity index (χ3v) is 5.18. The first-order valence-electron chi connectivity index (χ1n) is 9.77. The Morgan fingerprint density at radius 2 is 2.07 bits per heavy atom. The number of hydrogen-bond acceptors (Lipinski definition) is 4. The number of rotatable bonds is 8. The maximum atomic E-state index is 14.2. The van der Waals surface area contributed by atoms with Gasteiger partial charge in [0.1, 0.15) is 17.7 Å². The van der Waals surface area contributed by atoms with Crippen LogP contribution in [0.3, 0.4) is 0 Å². The lowest BCUT2D eigenvalue weighted by Crippen LogP contribution is -2.37. The van der Waals surface area contributed by atoms with Gasteiger partial charge in [0, 0.05) is 25.7 Å². The summed E-state index contributed by atoms with van der Waals surface area (Å²) in [4.78, 5) is 24.8. The van der Waals surface area contributed by atoms with Crippen LogP contribution in [0, 0.1) is 12.7 Å². The SMILES string of the molecule is C=CC(=O)NC1CCN(CC(Oc2ccc(C(=O)O)cc2)c2ccc(C)c(F)c2)C1. The summed E-state index contributed by atoms with van der Waals surface area (Å²) in [6.45, 7) is 7.11. The van der Waals surface area contributed by atoms with E-state index in [9.17, 15) is 14.0 Å². The molecule has 1 fully saturated rings. The molecule has 0 aromatic heterocycles. The van der Waals surface area contributed by atoms with Gasteiger partial charge in [0.2, 0.25) is 5.91 Å². The number of carbonyl (C=O) groups is 2. The van der Waals surface area contributed by atoms with Gasteiger partial charge in [-0.15, -0.1) is 0 Å². The average Bonchev–Trinajstić information content (AvgIpc) is 3.16. The van der Waals surface area contributed by atoms with Crippen molar-refractivity contribution in [1.82, 2.24) is 10.2 Å². The van der Waals surface area contributed by atoms with Crippen LogP contribution in [0.15, 0.2) is 55.1 Å². The Balaban J connectivity index is 1.76. The number of aryl methyl sites for hydroxylation is 1. The van der Waals surface area contributed by atoms with E-state index < -0.39 is 12.1 Å². The van der Waals surface area contributed by atoms with Crippen molar-refractivity contribution in [2.75, 3.05) is 19.6 Å². The Morgan fingerprint density at radius 3 is 2.70 bits per heavy atom. The number of aromatic carboxylic acids is 1. The predicted molar refractivity (Wildman–Crippen MR) is 111 cm³/mol. The minimum atomic E-state index is -1.01. The molecule has 2 unspecified atom stereocenters. The molecule has 0 spiro atoms. The van der Waals surface area contributed by atoms with Crippen molar-refractivity contribution in [1.29, 1.82) is 0 Å². The second-order valence-corrected chi connectivity index (χ2v) is 7.40. The quantitative estimate of drug-likeness (QED) is 0.651. The predicted octanol–water partition coefficient (Wildman–Crippen LogP) is 3.33. The van der Waals surface area contributed by atoms with Crippen LogP contribution in [0.2, 0.25) is 0 Å². The Hall–Kier alpha value is -3.19. The monoisotopic (exact) mass is 412 g/mol. The van der Waals surface area contributed by atoms with Crippen molar-refractivity contribution in [3.8, 4) is 5.75 Å². The van der Waals surface area contributed by atoms with Crippen molar-refractivity contribution in [3.63, 3.8) is 0 Å². The van der Waals surface area contributed by atoms with Gasteiger partial charge in [0.05, 0.1) is 5.56 Å². The van der Waals surface area contributed by atoms with Crippen molar-refractivity contribution in [2.45, 2.75) is 25.5 Å². The highest BCUT2D eigenvalue weighted by molar-refractivity contribution is 5.87. The smallest absolute Gasteiger partial charge is 0.335 e. The molecule has 30 heavy (non-hydrogen) atoms. The lowest BCUT2D eigenvalue weighted by molar-refractivity contribution is -0.117. The molecule has 1 saturated heterocycles. The van der Waals surface area contributed by atoms with Gasteiger partial charge >= 0.3 is 5.97 Å². The topological polar surface area (TPSA) is 78.9 Å². The van der Waals surface area contributed by atoms with E-state index in [1.165, 1.54) is 24.3 Å². The number of carboxylic acids is 1. The van der Waals surface area contributed by atoms with E-state index in [0.29, 0.717) is 30.0 Å². The zero-order chi connectivity index (χ0) is 21.7. The molecule has 2 atom stereocenters. The second-order valence-electron chi connectivity index (χ2n) is 7.40. The number of carboxylic acid groups (broad SMARTS) is 1. The van der Waals surface area contributed by atoms with E-state index >= 15 is 0 Å². The Bertz CT molecular complexity index is 929. The van der Waals surface area contributed by atoms with Crippen molar-refractivity contribution < 1.29 is 23.8 Å². The largest absolute Gasteiger partial charge is 0.484 e. The molecule has 1 aliphatic heterocycles. The summed E-state index contributed by atoms with van der Waals surface area (Å²) in [7, 11) is 0. The second kappa shape index (κ2) is 9.54. The van der Waals surface area contributed by atoms with E-state index in [1.54, 1.807) is 25.1 Å². The van der Waals surface area contributed by atoms with Crippen LogP contribution in [0.1, 0.15) is 34.0 Å². The minimum Gasteiger partial charge on any atom is -0.484 e. The van der Waals surface area contributed by atoms with Crippen molar-refractivity contribution >= 4 is 11.9 Å². The summed E-state index contributed by atoms with van der Waals surface area (Å²) in [5.74, 6) is -1.02. The molecule has 158 valence electrons. The Labute approximate surface area is 175 Å².